The maximum atomic E-state index is 11.8. The Kier molecular flexibility index (Phi) is 5.23. The molecule has 0 spiro atoms. The molecule has 0 atom stereocenters. The van der Waals surface area contributed by atoms with E-state index in [1.54, 1.807) is 0 Å². The third-order valence-electron chi connectivity index (χ3n) is 4.21. The molecule has 116 valence electrons. The summed E-state index contributed by atoms with van der Waals surface area (Å²) in [4.78, 5) is 11.8. The van der Waals surface area contributed by atoms with E-state index in [2.05, 4.69) is 12.2 Å². The van der Waals surface area contributed by atoms with Crippen molar-refractivity contribution >= 4 is 5.91 Å². The molecule has 21 heavy (non-hydrogen) atoms. The van der Waals surface area contributed by atoms with Crippen LogP contribution in [0, 0.1) is 12.8 Å². The molecule has 1 aromatic carbocycles. The number of rotatable bonds is 5. The van der Waals surface area contributed by atoms with Crippen LogP contribution in [0.25, 0.3) is 0 Å². The van der Waals surface area contributed by atoms with E-state index in [0.717, 1.165) is 31.2 Å². The summed E-state index contributed by atoms with van der Waals surface area (Å²) in [5.74, 6) is 1.16. The van der Waals surface area contributed by atoms with Crippen LogP contribution in [0.3, 0.4) is 0 Å². The van der Waals surface area contributed by atoms with E-state index in [0.29, 0.717) is 18.2 Å². The number of aliphatic hydroxyl groups is 1. The van der Waals surface area contributed by atoms with Gasteiger partial charge < -0.3 is 15.2 Å². The van der Waals surface area contributed by atoms with Gasteiger partial charge in [-0.2, -0.15) is 0 Å². The molecule has 4 nitrogen and oxygen atoms in total. The summed E-state index contributed by atoms with van der Waals surface area (Å²) in [6, 6.07) is 7.58. The smallest absolute Gasteiger partial charge is 0.258 e. The van der Waals surface area contributed by atoms with Gasteiger partial charge in [-0.05, 0) is 50.7 Å². The minimum absolute atomic E-state index is 0.0183. The molecule has 0 radical (unpaired) electrons. The van der Waals surface area contributed by atoms with E-state index in [9.17, 15) is 9.90 Å². The van der Waals surface area contributed by atoms with Crippen molar-refractivity contribution in [2.45, 2.75) is 45.1 Å². The molecule has 1 aliphatic carbocycles. The maximum absolute atomic E-state index is 11.8. The molecular weight excluding hydrogens is 266 g/mol. The second-order valence-electron chi connectivity index (χ2n) is 6.29. The number of hydrogen-bond donors (Lipinski definition) is 2. The lowest BCUT2D eigenvalue weighted by Crippen LogP contribution is -2.46. The van der Waals surface area contributed by atoms with Crippen LogP contribution in [-0.4, -0.2) is 29.8 Å². The first-order valence-electron chi connectivity index (χ1n) is 7.65. The van der Waals surface area contributed by atoms with Crippen LogP contribution in [0.4, 0.5) is 0 Å². The molecule has 4 heteroatoms. The molecule has 1 amide bonds. The van der Waals surface area contributed by atoms with Gasteiger partial charge in [0.1, 0.15) is 5.75 Å². The van der Waals surface area contributed by atoms with Crippen LogP contribution in [0.2, 0.25) is 0 Å². The topological polar surface area (TPSA) is 58.6 Å². The number of benzene rings is 1. The standard InChI is InChI=1S/C17H25NO3/c1-13-3-5-15(6-4-13)21-11-16(19)18-12-17(20)9-7-14(2)8-10-17/h3-6,14,20H,7-12H2,1-2H3,(H,18,19). The Balaban J connectivity index is 1.71. The monoisotopic (exact) mass is 291 g/mol. The predicted molar refractivity (Wildman–Crippen MR) is 82.3 cm³/mol. The Hall–Kier alpha value is -1.55. The lowest BCUT2D eigenvalue weighted by atomic mass is 9.79. The Morgan fingerprint density at radius 1 is 1.33 bits per heavy atom. The van der Waals surface area contributed by atoms with E-state index in [1.807, 2.05) is 31.2 Å². The van der Waals surface area contributed by atoms with Gasteiger partial charge in [0.25, 0.3) is 5.91 Å². The zero-order chi connectivity index (χ0) is 15.3. The minimum Gasteiger partial charge on any atom is -0.484 e. The molecule has 2 N–H and O–H groups in total. The van der Waals surface area contributed by atoms with Gasteiger partial charge in [-0.1, -0.05) is 24.6 Å². The normalized spacial score (nSPS) is 25.4. The molecular formula is C17H25NO3. The molecule has 1 aromatic rings. The quantitative estimate of drug-likeness (QED) is 0.876. The number of hydrogen-bond acceptors (Lipinski definition) is 3. The molecule has 0 aliphatic heterocycles. The Morgan fingerprint density at radius 2 is 1.95 bits per heavy atom. The van der Waals surface area contributed by atoms with Crippen molar-refractivity contribution in [1.29, 1.82) is 0 Å². The van der Waals surface area contributed by atoms with Crippen LogP contribution in [0.15, 0.2) is 24.3 Å². The summed E-state index contributed by atoms with van der Waals surface area (Å²) in [6.45, 7) is 4.50. The molecule has 0 bridgehead atoms. The van der Waals surface area contributed by atoms with Crippen molar-refractivity contribution in [2.75, 3.05) is 13.2 Å². The van der Waals surface area contributed by atoms with E-state index in [-0.39, 0.29) is 12.5 Å². The number of nitrogens with one attached hydrogen (secondary N) is 1. The van der Waals surface area contributed by atoms with Crippen molar-refractivity contribution in [1.82, 2.24) is 5.32 Å². The number of carbonyl (C=O) groups excluding carboxylic acids is 1. The highest BCUT2D eigenvalue weighted by Gasteiger charge is 2.31. The van der Waals surface area contributed by atoms with Gasteiger partial charge >= 0.3 is 0 Å². The summed E-state index contributed by atoms with van der Waals surface area (Å²) in [5, 5.41) is 13.2. The molecule has 0 heterocycles. The largest absolute Gasteiger partial charge is 0.484 e. The average molecular weight is 291 g/mol. The van der Waals surface area contributed by atoms with Gasteiger partial charge in [0.15, 0.2) is 6.61 Å². The van der Waals surface area contributed by atoms with Gasteiger partial charge in [0.05, 0.1) is 5.60 Å². The third-order valence-corrected chi connectivity index (χ3v) is 4.21. The Bertz CT molecular complexity index is 461. The molecule has 2 rings (SSSR count). The van der Waals surface area contributed by atoms with Crippen LogP contribution in [-0.2, 0) is 4.79 Å². The Morgan fingerprint density at radius 3 is 2.57 bits per heavy atom. The molecule has 0 saturated heterocycles. The zero-order valence-electron chi connectivity index (χ0n) is 12.9. The SMILES string of the molecule is Cc1ccc(OCC(=O)NCC2(O)CCC(C)CC2)cc1. The van der Waals surface area contributed by atoms with Crippen LogP contribution in [0.1, 0.15) is 38.2 Å². The van der Waals surface area contributed by atoms with Crippen LogP contribution < -0.4 is 10.1 Å². The third kappa shape index (κ3) is 5.05. The lowest BCUT2D eigenvalue weighted by Gasteiger charge is -2.34. The van der Waals surface area contributed by atoms with E-state index < -0.39 is 5.60 Å². The van der Waals surface area contributed by atoms with Gasteiger partial charge in [0.2, 0.25) is 0 Å². The number of ether oxygens (including phenoxy) is 1. The summed E-state index contributed by atoms with van der Waals surface area (Å²) in [5.41, 5.74) is 0.409. The highest BCUT2D eigenvalue weighted by atomic mass is 16.5. The fourth-order valence-electron chi connectivity index (χ4n) is 2.57. The predicted octanol–water partition coefficient (Wildman–Crippen LogP) is 2.43. The molecule has 1 saturated carbocycles. The summed E-state index contributed by atoms with van der Waals surface area (Å²) < 4.78 is 5.42. The average Bonchev–Trinajstić information content (AvgIpc) is 2.48. The fraction of sp³-hybridized carbons (Fsp3) is 0.588. The molecule has 1 aliphatic rings. The minimum atomic E-state index is -0.744. The van der Waals surface area contributed by atoms with Gasteiger partial charge in [0, 0.05) is 6.54 Å². The Labute approximate surface area is 126 Å². The van der Waals surface area contributed by atoms with Crippen molar-refractivity contribution in [2.24, 2.45) is 5.92 Å². The van der Waals surface area contributed by atoms with E-state index in [1.165, 1.54) is 0 Å². The lowest BCUT2D eigenvalue weighted by molar-refractivity contribution is -0.124. The van der Waals surface area contributed by atoms with Crippen molar-refractivity contribution in [3.8, 4) is 5.75 Å². The first-order valence-corrected chi connectivity index (χ1v) is 7.65. The van der Waals surface area contributed by atoms with Gasteiger partial charge in [-0.3, -0.25) is 4.79 Å². The molecule has 0 aromatic heterocycles. The van der Waals surface area contributed by atoms with Crippen molar-refractivity contribution in [3.63, 3.8) is 0 Å². The maximum Gasteiger partial charge on any atom is 0.258 e. The number of carbonyl (C=O) groups is 1. The van der Waals surface area contributed by atoms with Gasteiger partial charge in [-0.15, -0.1) is 0 Å². The second kappa shape index (κ2) is 6.94. The van der Waals surface area contributed by atoms with Gasteiger partial charge in [-0.25, -0.2) is 0 Å². The number of aryl methyl sites for hydroxylation is 1. The highest BCUT2D eigenvalue weighted by molar-refractivity contribution is 5.77. The van der Waals surface area contributed by atoms with Crippen LogP contribution >= 0.6 is 0 Å². The highest BCUT2D eigenvalue weighted by Crippen LogP contribution is 2.31. The van der Waals surface area contributed by atoms with E-state index in [4.69, 9.17) is 4.74 Å². The summed E-state index contributed by atoms with van der Waals surface area (Å²) >= 11 is 0. The molecule has 1 fully saturated rings. The molecule has 0 unspecified atom stereocenters. The van der Waals surface area contributed by atoms with Crippen molar-refractivity contribution < 1.29 is 14.6 Å². The summed E-state index contributed by atoms with van der Waals surface area (Å²) in [7, 11) is 0. The first kappa shape index (κ1) is 15.8. The van der Waals surface area contributed by atoms with E-state index >= 15 is 0 Å². The second-order valence-corrected chi connectivity index (χ2v) is 6.29. The van der Waals surface area contributed by atoms with Crippen molar-refractivity contribution in [3.05, 3.63) is 29.8 Å². The fourth-order valence-corrected chi connectivity index (χ4v) is 2.57. The first-order chi connectivity index (χ1) is 9.97. The number of amides is 1. The summed E-state index contributed by atoms with van der Waals surface area (Å²) in [6.07, 6.45) is 3.55. The zero-order valence-corrected chi connectivity index (χ0v) is 12.9. The van der Waals surface area contributed by atoms with Crippen LogP contribution in [0.5, 0.6) is 5.75 Å².